The number of ether oxygens (including phenoxy) is 1. The minimum atomic E-state index is 0.305. The number of hydrogen-bond acceptors (Lipinski definition) is 3. The van der Waals surface area contributed by atoms with Crippen LogP contribution in [0.15, 0.2) is 0 Å². The number of piperidine rings is 1. The quantitative estimate of drug-likeness (QED) is 0.671. The van der Waals surface area contributed by atoms with Crippen LogP contribution < -0.4 is 0 Å². The molecule has 94 valence electrons. The number of thioether (sulfide) groups is 1. The third kappa shape index (κ3) is 4.74. The van der Waals surface area contributed by atoms with Crippen LogP contribution in [-0.4, -0.2) is 49.1 Å². The molecule has 0 aromatic rings. The third-order valence-electron chi connectivity index (χ3n) is 3.11. The molecule has 1 aliphatic rings. The van der Waals surface area contributed by atoms with Gasteiger partial charge < -0.3 is 9.64 Å². The van der Waals surface area contributed by atoms with Crippen LogP contribution in [0.4, 0.5) is 0 Å². The van der Waals surface area contributed by atoms with Crippen molar-refractivity contribution < 1.29 is 9.53 Å². The van der Waals surface area contributed by atoms with Gasteiger partial charge in [0.25, 0.3) is 0 Å². The molecule has 0 saturated carbocycles. The highest BCUT2D eigenvalue weighted by Crippen LogP contribution is 2.19. The smallest absolute Gasteiger partial charge is 0.232 e. The van der Waals surface area contributed by atoms with E-state index in [2.05, 4.69) is 6.92 Å². The van der Waals surface area contributed by atoms with Crippen LogP contribution >= 0.6 is 11.8 Å². The Morgan fingerprint density at radius 2 is 2.38 bits per heavy atom. The number of amides is 1. The van der Waals surface area contributed by atoms with Crippen LogP contribution in [0.1, 0.15) is 26.2 Å². The van der Waals surface area contributed by atoms with Crippen molar-refractivity contribution in [2.24, 2.45) is 5.92 Å². The summed E-state index contributed by atoms with van der Waals surface area (Å²) in [5.41, 5.74) is 0. The van der Waals surface area contributed by atoms with Crippen LogP contribution in [-0.2, 0) is 9.53 Å². The Labute approximate surface area is 103 Å². The lowest BCUT2D eigenvalue weighted by Crippen LogP contribution is -2.40. The Bertz CT molecular complexity index is 211. The van der Waals surface area contributed by atoms with Crippen molar-refractivity contribution in [1.29, 1.82) is 0 Å². The minimum absolute atomic E-state index is 0.305. The van der Waals surface area contributed by atoms with Gasteiger partial charge >= 0.3 is 0 Å². The summed E-state index contributed by atoms with van der Waals surface area (Å²) in [5.74, 6) is 2.55. The highest BCUT2D eigenvalue weighted by molar-refractivity contribution is 7.99. The van der Waals surface area contributed by atoms with Crippen LogP contribution in [0.25, 0.3) is 0 Å². The number of methoxy groups -OCH3 is 1. The lowest BCUT2D eigenvalue weighted by atomic mass is 9.96. The zero-order valence-electron chi connectivity index (χ0n) is 10.4. The highest BCUT2D eigenvalue weighted by Gasteiger charge is 2.21. The molecule has 0 N–H and O–H groups in total. The largest absolute Gasteiger partial charge is 0.384 e. The van der Waals surface area contributed by atoms with E-state index >= 15 is 0 Å². The van der Waals surface area contributed by atoms with Crippen molar-refractivity contribution in [3.63, 3.8) is 0 Å². The number of nitrogens with zero attached hydrogens (tertiary/aromatic N) is 1. The van der Waals surface area contributed by atoms with Gasteiger partial charge in [-0.2, -0.15) is 0 Å². The summed E-state index contributed by atoms with van der Waals surface area (Å²) in [7, 11) is 1.69. The maximum Gasteiger partial charge on any atom is 0.232 e. The molecule has 1 fully saturated rings. The fourth-order valence-corrected chi connectivity index (χ4v) is 2.80. The third-order valence-corrected chi connectivity index (χ3v) is 4.01. The molecule has 1 heterocycles. The number of likely N-dealkylation sites (tertiary alicyclic amines) is 1. The number of hydrogen-bond donors (Lipinski definition) is 0. The van der Waals surface area contributed by atoms with Crippen LogP contribution in [0, 0.1) is 5.92 Å². The van der Waals surface area contributed by atoms with Crippen molar-refractivity contribution in [3.8, 4) is 0 Å². The van der Waals surface area contributed by atoms with E-state index in [-0.39, 0.29) is 0 Å². The van der Waals surface area contributed by atoms with E-state index in [0.29, 0.717) is 11.7 Å². The van der Waals surface area contributed by atoms with Crippen molar-refractivity contribution in [2.75, 3.05) is 38.3 Å². The normalized spacial score (nSPS) is 21.1. The molecule has 0 bridgehead atoms. The predicted octanol–water partition coefficient (Wildman–Crippen LogP) is 2.01. The molecule has 0 aliphatic carbocycles. The topological polar surface area (TPSA) is 29.5 Å². The Balaban J connectivity index is 2.19. The fraction of sp³-hybridized carbons (Fsp3) is 0.917. The summed E-state index contributed by atoms with van der Waals surface area (Å²) >= 11 is 1.67. The summed E-state index contributed by atoms with van der Waals surface area (Å²) < 4.78 is 4.96. The number of carbonyl (C=O) groups is 1. The molecule has 1 saturated heterocycles. The second-order valence-electron chi connectivity index (χ2n) is 4.30. The maximum atomic E-state index is 11.9. The zero-order chi connectivity index (χ0) is 11.8. The van der Waals surface area contributed by atoms with E-state index in [4.69, 9.17) is 4.74 Å². The molecule has 1 atom stereocenters. The standard InChI is InChI=1S/C12H23NO2S/c1-3-11-5-4-6-13(9-11)12(14)10-16-8-7-15-2/h11H,3-10H2,1-2H3/t11-/m1/s1. The lowest BCUT2D eigenvalue weighted by molar-refractivity contribution is -0.130. The molecule has 4 heteroatoms. The SMILES string of the molecule is CC[C@@H]1CCCN(C(=O)CSCCOC)C1. The molecular weight excluding hydrogens is 222 g/mol. The molecule has 0 unspecified atom stereocenters. The average molecular weight is 245 g/mol. The van der Waals surface area contributed by atoms with E-state index in [1.165, 1.54) is 19.3 Å². The van der Waals surface area contributed by atoms with Gasteiger partial charge in [-0.25, -0.2) is 0 Å². The Hall–Kier alpha value is -0.220. The second-order valence-corrected chi connectivity index (χ2v) is 5.41. The first kappa shape index (κ1) is 13.8. The highest BCUT2D eigenvalue weighted by atomic mass is 32.2. The Kier molecular flexibility index (Phi) is 6.88. The number of carbonyl (C=O) groups excluding carboxylic acids is 1. The van der Waals surface area contributed by atoms with Gasteiger partial charge in [-0.15, -0.1) is 11.8 Å². The first-order valence-corrected chi connectivity index (χ1v) is 7.27. The molecule has 0 spiro atoms. The molecule has 0 radical (unpaired) electrons. The maximum absolute atomic E-state index is 11.9. The predicted molar refractivity (Wildman–Crippen MR) is 68.8 cm³/mol. The molecule has 3 nitrogen and oxygen atoms in total. The van der Waals surface area contributed by atoms with Gasteiger partial charge in [-0.3, -0.25) is 4.79 Å². The zero-order valence-corrected chi connectivity index (χ0v) is 11.2. The van der Waals surface area contributed by atoms with Crippen molar-refractivity contribution >= 4 is 17.7 Å². The molecule has 16 heavy (non-hydrogen) atoms. The van der Waals surface area contributed by atoms with Gasteiger partial charge in [0.05, 0.1) is 12.4 Å². The molecule has 0 aromatic heterocycles. The molecular formula is C12H23NO2S. The van der Waals surface area contributed by atoms with Gasteiger partial charge in [0.1, 0.15) is 0 Å². The fourth-order valence-electron chi connectivity index (χ4n) is 2.02. The molecule has 0 aromatic carbocycles. The van der Waals surface area contributed by atoms with Crippen molar-refractivity contribution in [2.45, 2.75) is 26.2 Å². The molecule has 1 rings (SSSR count). The van der Waals surface area contributed by atoms with E-state index in [0.717, 1.165) is 31.4 Å². The van der Waals surface area contributed by atoms with Gasteiger partial charge in [0.2, 0.25) is 5.91 Å². The monoisotopic (exact) mass is 245 g/mol. The van der Waals surface area contributed by atoms with Gasteiger partial charge in [0, 0.05) is 26.0 Å². The van der Waals surface area contributed by atoms with Crippen molar-refractivity contribution in [3.05, 3.63) is 0 Å². The first-order valence-electron chi connectivity index (χ1n) is 6.12. The van der Waals surface area contributed by atoms with E-state index in [1.807, 2.05) is 4.90 Å². The minimum Gasteiger partial charge on any atom is -0.384 e. The summed E-state index contributed by atoms with van der Waals surface area (Å²) in [6, 6.07) is 0. The van der Waals surface area contributed by atoms with Crippen LogP contribution in [0.5, 0.6) is 0 Å². The summed E-state index contributed by atoms with van der Waals surface area (Å²) in [6.45, 7) is 4.88. The van der Waals surface area contributed by atoms with Gasteiger partial charge in [-0.05, 0) is 18.8 Å². The summed E-state index contributed by atoms with van der Waals surface area (Å²) in [6.07, 6.45) is 3.66. The van der Waals surface area contributed by atoms with Crippen LogP contribution in [0.3, 0.4) is 0 Å². The molecule has 1 amide bonds. The van der Waals surface area contributed by atoms with Crippen molar-refractivity contribution in [1.82, 2.24) is 4.90 Å². The van der Waals surface area contributed by atoms with E-state index in [1.54, 1.807) is 18.9 Å². The van der Waals surface area contributed by atoms with E-state index < -0.39 is 0 Å². The molecule has 1 aliphatic heterocycles. The van der Waals surface area contributed by atoms with E-state index in [9.17, 15) is 4.79 Å². The number of rotatable bonds is 6. The summed E-state index contributed by atoms with van der Waals surface area (Å²) in [5, 5.41) is 0. The first-order chi connectivity index (χ1) is 7.77. The second kappa shape index (κ2) is 7.96. The van der Waals surface area contributed by atoms with Gasteiger partial charge in [-0.1, -0.05) is 13.3 Å². The van der Waals surface area contributed by atoms with Crippen LogP contribution in [0.2, 0.25) is 0 Å². The summed E-state index contributed by atoms with van der Waals surface area (Å²) in [4.78, 5) is 13.9. The average Bonchev–Trinajstić information content (AvgIpc) is 2.34. The Morgan fingerprint density at radius 3 is 3.06 bits per heavy atom. The Morgan fingerprint density at radius 1 is 1.56 bits per heavy atom. The van der Waals surface area contributed by atoms with Gasteiger partial charge in [0.15, 0.2) is 0 Å². The lowest BCUT2D eigenvalue weighted by Gasteiger charge is -2.32.